The Morgan fingerprint density at radius 1 is 1.62 bits per heavy atom. The van der Waals surface area contributed by atoms with Crippen molar-refractivity contribution in [2.75, 3.05) is 13.2 Å². The van der Waals surface area contributed by atoms with Gasteiger partial charge < -0.3 is 4.74 Å². The number of aromatic amines is 1. The van der Waals surface area contributed by atoms with Gasteiger partial charge in [0.2, 0.25) is 0 Å². The van der Waals surface area contributed by atoms with Crippen LogP contribution in [0.5, 0.6) is 0 Å². The van der Waals surface area contributed by atoms with Crippen molar-refractivity contribution >= 4 is 11.6 Å². The predicted molar refractivity (Wildman–Crippen MR) is 48.7 cm³/mol. The zero-order chi connectivity index (χ0) is 9.10. The van der Waals surface area contributed by atoms with E-state index in [9.17, 15) is 0 Å². The van der Waals surface area contributed by atoms with Crippen molar-refractivity contribution in [1.29, 1.82) is 0 Å². The highest BCUT2D eigenvalue weighted by molar-refractivity contribution is 6.16. The van der Waals surface area contributed by atoms with Gasteiger partial charge in [-0.1, -0.05) is 0 Å². The maximum Gasteiger partial charge on any atom is 0.156 e. The van der Waals surface area contributed by atoms with Crippen molar-refractivity contribution in [2.45, 2.75) is 24.6 Å². The predicted octanol–water partition coefficient (Wildman–Crippen LogP) is 1.44. The summed E-state index contributed by atoms with van der Waals surface area (Å²) in [6.07, 6.45) is 2.20. The summed E-state index contributed by atoms with van der Waals surface area (Å²) in [5.41, 5.74) is 0. The summed E-state index contributed by atoms with van der Waals surface area (Å²) in [4.78, 5) is 4.27. The highest BCUT2D eigenvalue weighted by Crippen LogP contribution is 2.22. The lowest BCUT2D eigenvalue weighted by Crippen LogP contribution is -2.16. The van der Waals surface area contributed by atoms with Crippen molar-refractivity contribution < 1.29 is 4.74 Å². The minimum atomic E-state index is 0.349. The van der Waals surface area contributed by atoms with Gasteiger partial charge in [-0.05, 0) is 12.8 Å². The van der Waals surface area contributed by atoms with Crippen LogP contribution in [0.15, 0.2) is 0 Å². The van der Waals surface area contributed by atoms with Gasteiger partial charge in [0.05, 0.1) is 12.5 Å². The first-order valence-electron chi connectivity index (χ1n) is 4.45. The molecule has 4 nitrogen and oxygen atoms in total. The monoisotopic (exact) mass is 201 g/mol. The van der Waals surface area contributed by atoms with Gasteiger partial charge in [0.1, 0.15) is 5.82 Å². The smallest absolute Gasteiger partial charge is 0.156 e. The van der Waals surface area contributed by atoms with E-state index < -0.39 is 0 Å². The summed E-state index contributed by atoms with van der Waals surface area (Å²) < 4.78 is 5.35. The van der Waals surface area contributed by atoms with Crippen LogP contribution >= 0.6 is 11.6 Å². The van der Waals surface area contributed by atoms with E-state index in [0.29, 0.717) is 11.8 Å². The average molecular weight is 202 g/mol. The molecule has 1 unspecified atom stereocenters. The number of rotatable bonds is 2. The third-order valence-electron chi connectivity index (χ3n) is 2.20. The van der Waals surface area contributed by atoms with E-state index in [4.69, 9.17) is 16.3 Å². The Morgan fingerprint density at radius 2 is 2.54 bits per heavy atom. The zero-order valence-corrected chi connectivity index (χ0v) is 8.05. The summed E-state index contributed by atoms with van der Waals surface area (Å²) in [5.74, 6) is 2.32. The SMILES string of the molecule is ClCc1nc(C2CCCOC2)n[nH]1. The highest BCUT2D eigenvalue weighted by Gasteiger charge is 2.19. The highest BCUT2D eigenvalue weighted by atomic mass is 35.5. The molecule has 5 heteroatoms. The van der Waals surface area contributed by atoms with Gasteiger partial charge in [0.15, 0.2) is 5.82 Å². The molecule has 2 heterocycles. The fraction of sp³-hybridized carbons (Fsp3) is 0.750. The summed E-state index contributed by atoms with van der Waals surface area (Å²) in [7, 11) is 0. The molecule has 1 fully saturated rings. The van der Waals surface area contributed by atoms with Gasteiger partial charge in [-0.2, -0.15) is 5.10 Å². The minimum absolute atomic E-state index is 0.349. The molecule has 0 spiro atoms. The summed E-state index contributed by atoms with van der Waals surface area (Å²) in [5, 5.41) is 6.91. The second kappa shape index (κ2) is 4.07. The first kappa shape index (κ1) is 8.97. The molecular formula is C8H12ClN3O. The number of nitrogens with zero attached hydrogens (tertiary/aromatic N) is 2. The van der Waals surface area contributed by atoms with Crippen LogP contribution in [0, 0.1) is 0 Å². The van der Waals surface area contributed by atoms with Crippen molar-refractivity contribution in [3.8, 4) is 0 Å². The van der Waals surface area contributed by atoms with Crippen LogP contribution in [-0.2, 0) is 10.6 Å². The molecule has 2 rings (SSSR count). The third kappa shape index (κ3) is 2.00. The van der Waals surface area contributed by atoms with E-state index in [1.54, 1.807) is 0 Å². The number of hydrogen-bond donors (Lipinski definition) is 1. The lowest BCUT2D eigenvalue weighted by atomic mass is 10.0. The van der Waals surface area contributed by atoms with Gasteiger partial charge in [0, 0.05) is 12.5 Å². The van der Waals surface area contributed by atoms with Gasteiger partial charge in [0.25, 0.3) is 0 Å². The second-order valence-electron chi connectivity index (χ2n) is 3.19. The van der Waals surface area contributed by atoms with Gasteiger partial charge in [-0.15, -0.1) is 11.6 Å². The molecular weight excluding hydrogens is 190 g/mol. The Morgan fingerprint density at radius 3 is 3.15 bits per heavy atom. The Balaban J connectivity index is 2.05. The second-order valence-corrected chi connectivity index (χ2v) is 3.46. The van der Waals surface area contributed by atoms with Crippen LogP contribution in [0.4, 0.5) is 0 Å². The molecule has 0 aliphatic carbocycles. The number of alkyl halides is 1. The maximum absolute atomic E-state index is 5.61. The van der Waals surface area contributed by atoms with E-state index in [1.807, 2.05) is 0 Å². The molecule has 0 aromatic carbocycles. The zero-order valence-electron chi connectivity index (χ0n) is 7.29. The van der Waals surface area contributed by atoms with Crippen molar-refractivity contribution in [3.05, 3.63) is 11.6 Å². The quantitative estimate of drug-likeness (QED) is 0.737. The van der Waals surface area contributed by atoms with Crippen LogP contribution in [0.25, 0.3) is 0 Å². The molecule has 1 aliphatic rings. The average Bonchev–Trinajstić information content (AvgIpc) is 2.67. The summed E-state index contributed by atoms with van der Waals surface area (Å²) >= 11 is 5.61. The molecule has 0 bridgehead atoms. The van der Waals surface area contributed by atoms with Crippen LogP contribution in [0.3, 0.4) is 0 Å². The van der Waals surface area contributed by atoms with Crippen LogP contribution in [0.2, 0.25) is 0 Å². The Hall–Kier alpha value is -0.610. The Bertz CT molecular complexity index is 270. The van der Waals surface area contributed by atoms with Crippen LogP contribution < -0.4 is 0 Å². The Kier molecular flexibility index (Phi) is 2.80. The molecule has 72 valence electrons. The molecule has 1 N–H and O–H groups in total. The fourth-order valence-corrected chi connectivity index (χ4v) is 1.62. The number of H-pyrrole nitrogens is 1. The molecule has 1 aromatic rings. The minimum Gasteiger partial charge on any atom is -0.381 e. The molecule has 1 saturated heterocycles. The van der Waals surface area contributed by atoms with Crippen molar-refractivity contribution in [3.63, 3.8) is 0 Å². The normalized spacial score (nSPS) is 23.3. The number of halogens is 1. The molecule has 0 radical (unpaired) electrons. The lowest BCUT2D eigenvalue weighted by Gasteiger charge is -2.18. The van der Waals surface area contributed by atoms with Crippen molar-refractivity contribution in [1.82, 2.24) is 15.2 Å². The largest absolute Gasteiger partial charge is 0.381 e. The molecule has 1 aromatic heterocycles. The standard InChI is InChI=1S/C8H12ClN3O/c9-4-7-10-8(12-11-7)6-2-1-3-13-5-6/h6H,1-5H2,(H,10,11,12). The molecule has 0 saturated carbocycles. The van der Waals surface area contributed by atoms with E-state index in [-0.39, 0.29) is 0 Å². The van der Waals surface area contributed by atoms with Crippen LogP contribution in [0.1, 0.15) is 30.4 Å². The van der Waals surface area contributed by atoms with Crippen molar-refractivity contribution in [2.24, 2.45) is 0 Å². The van der Waals surface area contributed by atoms with Gasteiger partial charge >= 0.3 is 0 Å². The number of ether oxygens (including phenoxy) is 1. The van der Waals surface area contributed by atoms with Gasteiger partial charge in [-0.3, -0.25) is 5.10 Å². The van der Waals surface area contributed by atoms with E-state index in [1.165, 1.54) is 0 Å². The van der Waals surface area contributed by atoms with E-state index in [2.05, 4.69) is 15.2 Å². The third-order valence-corrected chi connectivity index (χ3v) is 2.45. The number of hydrogen-bond acceptors (Lipinski definition) is 3. The number of aromatic nitrogens is 3. The Labute approximate surface area is 81.6 Å². The lowest BCUT2D eigenvalue weighted by molar-refractivity contribution is 0.0781. The topological polar surface area (TPSA) is 50.8 Å². The van der Waals surface area contributed by atoms with E-state index >= 15 is 0 Å². The molecule has 1 aliphatic heterocycles. The molecule has 13 heavy (non-hydrogen) atoms. The summed E-state index contributed by atoms with van der Waals surface area (Å²) in [6, 6.07) is 0. The summed E-state index contributed by atoms with van der Waals surface area (Å²) in [6.45, 7) is 1.60. The van der Waals surface area contributed by atoms with Gasteiger partial charge in [-0.25, -0.2) is 4.98 Å². The first-order valence-corrected chi connectivity index (χ1v) is 4.98. The fourth-order valence-electron chi connectivity index (χ4n) is 1.50. The maximum atomic E-state index is 5.61. The number of nitrogens with one attached hydrogen (secondary N) is 1. The van der Waals surface area contributed by atoms with E-state index in [0.717, 1.165) is 37.7 Å². The molecule has 0 amide bonds. The first-order chi connectivity index (χ1) is 6.40. The molecule has 1 atom stereocenters. The van der Waals surface area contributed by atoms with Crippen LogP contribution in [-0.4, -0.2) is 28.4 Å².